The van der Waals surface area contributed by atoms with E-state index < -0.39 is 6.10 Å². The van der Waals surface area contributed by atoms with Crippen LogP contribution in [0.1, 0.15) is 329 Å². The van der Waals surface area contributed by atoms with E-state index >= 15 is 0 Å². The molecule has 0 aromatic heterocycles. The second kappa shape index (κ2) is 68.6. The number of unbranched alkanes of at least 4 members (excludes halogenated alkanes) is 33. The predicted molar refractivity (Wildman–Crippen MR) is 353 cm³/mol. The van der Waals surface area contributed by atoms with Gasteiger partial charge < -0.3 is 14.2 Å². The van der Waals surface area contributed by atoms with Gasteiger partial charge in [0, 0.05) is 19.3 Å². The fourth-order valence-corrected chi connectivity index (χ4v) is 9.63. The summed E-state index contributed by atoms with van der Waals surface area (Å²) in [5.74, 6) is -0.880. The molecule has 0 aromatic rings. The van der Waals surface area contributed by atoms with Gasteiger partial charge in [-0.05, 0) is 109 Å². The second-order valence-electron chi connectivity index (χ2n) is 22.7. The molecule has 0 N–H and O–H groups in total. The van der Waals surface area contributed by atoms with Crippen LogP contribution in [0.3, 0.4) is 0 Å². The Morgan fingerprint density at radius 3 is 0.765 bits per heavy atom. The first-order valence-corrected chi connectivity index (χ1v) is 34.4. The summed E-state index contributed by atoms with van der Waals surface area (Å²) in [4.78, 5) is 38.1. The molecule has 0 amide bonds. The van der Waals surface area contributed by atoms with Gasteiger partial charge in [-0.2, -0.15) is 0 Å². The van der Waals surface area contributed by atoms with Crippen LogP contribution >= 0.6 is 0 Å². The van der Waals surface area contributed by atoms with Crippen LogP contribution in [0.2, 0.25) is 0 Å². The van der Waals surface area contributed by atoms with Crippen LogP contribution in [0.25, 0.3) is 0 Å². The molecule has 0 saturated carbocycles. The highest BCUT2D eigenvalue weighted by Gasteiger charge is 2.19. The lowest BCUT2D eigenvalue weighted by Crippen LogP contribution is -2.30. The topological polar surface area (TPSA) is 78.9 Å². The van der Waals surface area contributed by atoms with Gasteiger partial charge in [0.05, 0.1) is 0 Å². The highest BCUT2D eigenvalue weighted by Crippen LogP contribution is 2.16. The van der Waals surface area contributed by atoms with Crippen molar-refractivity contribution in [2.75, 3.05) is 13.2 Å². The van der Waals surface area contributed by atoms with Crippen molar-refractivity contribution in [1.29, 1.82) is 0 Å². The maximum Gasteiger partial charge on any atom is 0.306 e. The maximum atomic E-state index is 12.9. The van der Waals surface area contributed by atoms with Gasteiger partial charge in [-0.15, -0.1) is 0 Å². The number of rotatable bonds is 62. The minimum Gasteiger partial charge on any atom is -0.462 e. The summed E-state index contributed by atoms with van der Waals surface area (Å²) in [7, 11) is 0. The standard InChI is InChI=1S/C75H128O6/c1-4-7-10-13-16-18-20-22-24-26-28-30-31-32-33-34-35-36-37-38-39-40-41-42-43-45-46-48-50-52-54-56-59-62-65-68-74(77)80-71-72(70-79-73(76)67-64-61-58-15-12-9-6-3)81-75(78)69-66-63-60-57-55-53-51-49-47-44-29-27-25-23-21-19-17-14-11-8-5-2/h7,10,16,18,22,24,27-30,32-33,35-36,38-39,41-42,72H,4-6,8-9,11-15,17,19-21,23,25-26,31,34,37,40,43-71H2,1-3H3/b10-7-,18-16-,24-22-,29-27-,30-28-,33-32-,36-35-,39-38-,42-41-. The van der Waals surface area contributed by atoms with Crippen molar-refractivity contribution in [2.24, 2.45) is 0 Å². The van der Waals surface area contributed by atoms with E-state index in [4.69, 9.17) is 14.2 Å². The van der Waals surface area contributed by atoms with Crippen LogP contribution in [0.4, 0.5) is 0 Å². The average molecular weight is 1130 g/mol. The second-order valence-corrected chi connectivity index (χ2v) is 22.7. The molecule has 0 bridgehead atoms. The van der Waals surface area contributed by atoms with Gasteiger partial charge in [-0.25, -0.2) is 0 Å². The molecule has 0 rings (SSSR count). The normalized spacial score (nSPS) is 12.8. The van der Waals surface area contributed by atoms with Gasteiger partial charge in [0.1, 0.15) is 13.2 Å². The summed E-state index contributed by atoms with van der Waals surface area (Å²) in [6, 6.07) is 0. The van der Waals surface area contributed by atoms with Crippen LogP contribution in [0.15, 0.2) is 109 Å². The maximum absolute atomic E-state index is 12.9. The van der Waals surface area contributed by atoms with E-state index in [1.165, 1.54) is 180 Å². The van der Waals surface area contributed by atoms with Gasteiger partial charge in [-0.1, -0.05) is 310 Å². The summed E-state index contributed by atoms with van der Waals surface area (Å²) in [6.07, 6.45) is 94.2. The number of ether oxygens (including phenoxy) is 3. The van der Waals surface area contributed by atoms with Crippen molar-refractivity contribution >= 4 is 17.9 Å². The Bertz CT molecular complexity index is 1620. The number of hydrogen-bond acceptors (Lipinski definition) is 6. The van der Waals surface area contributed by atoms with Crippen LogP contribution in [0, 0.1) is 0 Å². The summed E-state index contributed by atoms with van der Waals surface area (Å²) in [6.45, 7) is 6.51. The lowest BCUT2D eigenvalue weighted by molar-refractivity contribution is -0.167. The predicted octanol–water partition coefficient (Wildman–Crippen LogP) is 23.8. The minimum atomic E-state index is -0.778. The first-order chi connectivity index (χ1) is 40.0. The van der Waals surface area contributed by atoms with E-state index in [1.807, 2.05) is 0 Å². The van der Waals surface area contributed by atoms with Crippen molar-refractivity contribution in [3.8, 4) is 0 Å². The highest BCUT2D eigenvalue weighted by molar-refractivity contribution is 5.71. The molecule has 0 aliphatic rings. The Hall–Kier alpha value is -3.93. The molecule has 0 heterocycles. The zero-order valence-electron chi connectivity index (χ0n) is 53.3. The van der Waals surface area contributed by atoms with Crippen molar-refractivity contribution in [3.63, 3.8) is 0 Å². The summed E-state index contributed by atoms with van der Waals surface area (Å²) in [5.41, 5.74) is 0. The van der Waals surface area contributed by atoms with E-state index in [0.717, 1.165) is 109 Å². The Kier molecular flexibility index (Phi) is 65.2. The van der Waals surface area contributed by atoms with Crippen LogP contribution in [-0.2, 0) is 28.6 Å². The molecule has 0 spiro atoms. The fraction of sp³-hybridized carbons (Fsp3) is 0.720. The third-order valence-corrected chi connectivity index (χ3v) is 14.8. The molecule has 6 nitrogen and oxygen atoms in total. The number of allylic oxidation sites excluding steroid dienone is 18. The SMILES string of the molecule is CC/C=C\C/C=C\C/C=C\C/C=C\C/C=C\C/C=C\C/C=C\C/C=C\CCCCCCCCCCCCC(=O)OCC(COC(=O)CCCCCCCCC)OC(=O)CCCCCCCCCCC/C=C\CCCCCCCCCC. The molecule has 0 aromatic carbocycles. The minimum absolute atomic E-state index is 0.0773. The third kappa shape index (κ3) is 66.8. The molecule has 0 fully saturated rings. The zero-order valence-corrected chi connectivity index (χ0v) is 53.3. The number of carbonyl (C=O) groups excluding carboxylic acids is 3. The van der Waals surface area contributed by atoms with Crippen molar-refractivity contribution in [2.45, 2.75) is 335 Å². The molecule has 464 valence electrons. The summed E-state index contributed by atoms with van der Waals surface area (Å²) >= 11 is 0. The molecule has 1 atom stereocenters. The zero-order chi connectivity index (χ0) is 58.5. The molecule has 0 radical (unpaired) electrons. The van der Waals surface area contributed by atoms with Gasteiger partial charge in [-0.3, -0.25) is 14.4 Å². The smallest absolute Gasteiger partial charge is 0.306 e. The van der Waals surface area contributed by atoms with Gasteiger partial charge in [0.25, 0.3) is 0 Å². The van der Waals surface area contributed by atoms with Crippen LogP contribution in [0.5, 0.6) is 0 Å². The molecular formula is C75H128O6. The Morgan fingerprint density at radius 1 is 0.259 bits per heavy atom. The van der Waals surface area contributed by atoms with E-state index in [2.05, 4.69) is 130 Å². The molecule has 6 heteroatoms. The van der Waals surface area contributed by atoms with Crippen molar-refractivity contribution < 1.29 is 28.6 Å². The molecule has 0 saturated heterocycles. The number of hydrogen-bond donors (Lipinski definition) is 0. The quantitative estimate of drug-likeness (QED) is 0.0261. The number of esters is 3. The van der Waals surface area contributed by atoms with Gasteiger partial charge >= 0.3 is 17.9 Å². The van der Waals surface area contributed by atoms with E-state index in [0.29, 0.717) is 19.3 Å². The lowest BCUT2D eigenvalue weighted by Gasteiger charge is -2.18. The Labute approximate surface area is 501 Å². The summed E-state index contributed by atoms with van der Waals surface area (Å²) in [5, 5.41) is 0. The van der Waals surface area contributed by atoms with Crippen LogP contribution < -0.4 is 0 Å². The Morgan fingerprint density at radius 2 is 0.481 bits per heavy atom. The monoisotopic (exact) mass is 1120 g/mol. The van der Waals surface area contributed by atoms with Gasteiger partial charge in [0.2, 0.25) is 0 Å². The fourth-order valence-electron chi connectivity index (χ4n) is 9.63. The van der Waals surface area contributed by atoms with Crippen molar-refractivity contribution in [1.82, 2.24) is 0 Å². The van der Waals surface area contributed by atoms with E-state index in [1.54, 1.807) is 0 Å². The van der Waals surface area contributed by atoms with Crippen LogP contribution in [-0.4, -0.2) is 37.2 Å². The van der Waals surface area contributed by atoms with E-state index in [-0.39, 0.29) is 31.1 Å². The average Bonchev–Trinajstić information content (AvgIpc) is 3.47. The number of carbonyl (C=O) groups is 3. The van der Waals surface area contributed by atoms with Crippen molar-refractivity contribution in [3.05, 3.63) is 109 Å². The highest BCUT2D eigenvalue weighted by atomic mass is 16.6. The van der Waals surface area contributed by atoms with E-state index in [9.17, 15) is 14.4 Å². The summed E-state index contributed by atoms with van der Waals surface area (Å²) < 4.78 is 16.9. The third-order valence-electron chi connectivity index (χ3n) is 14.8. The first kappa shape index (κ1) is 77.1. The molecule has 0 aliphatic carbocycles. The molecule has 1 unspecified atom stereocenters. The molecular weight excluding hydrogens is 997 g/mol. The molecule has 0 aliphatic heterocycles. The molecule has 81 heavy (non-hydrogen) atoms. The Balaban J connectivity index is 4.10. The first-order valence-electron chi connectivity index (χ1n) is 34.4. The lowest BCUT2D eigenvalue weighted by atomic mass is 10.0. The van der Waals surface area contributed by atoms with Gasteiger partial charge in [0.15, 0.2) is 6.10 Å². The largest absolute Gasteiger partial charge is 0.462 e.